The van der Waals surface area contributed by atoms with Crippen molar-refractivity contribution in [2.24, 2.45) is 5.92 Å². The molecule has 0 aliphatic carbocycles. The third-order valence-electron chi connectivity index (χ3n) is 3.74. The van der Waals surface area contributed by atoms with Gasteiger partial charge in [-0.1, -0.05) is 42.5 Å². The molecule has 20 heavy (non-hydrogen) atoms. The average Bonchev–Trinajstić information content (AvgIpc) is 2.49. The number of phenolic OH excluding ortho intramolecular Hbond substituents is 1. The van der Waals surface area contributed by atoms with Gasteiger partial charge in [-0.05, 0) is 29.7 Å². The molecule has 1 N–H and O–H groups in total. The number of amides is 1. The molecule has 3 heteroatoms. The second-order valence-corrected chi connectivity index (χ2v) is 5.27. The van der Waals surface area contributed by atoms with E-state index in [4.69, 9.17) is 0 Å². The molecule has 0 spiro atoms. The lowest BCUT2D eigenvalue weighted by Gasteiger charge is -2.38. The third-order valence-corrected chi connectivity index (χ3v) is 3.74. The van der Waals surface area contributed by atoms with Crippen LogP contribution >= 0.6 is 0 Å². The van der Waals surface area contributed by atoms with Gasteiger partial charge < -0.3 is 10.0 Å². The molecule has 2 aromatic carbocycles. The predicted molar refractivity (Wildman–Crippen MR) is 77.2 cm³/mol. The number of likely N-dealkylation sites (tertiary alicyclic amines) is 1. The van der Waals surface area contributed by atoms with E-state index in [0.29, 0.717) is 6.54 Å². The van der Waals surface area contributed by atoms with Gasteiger partial charge in [0, 0.05) is 13.1 Å². The first-order valence-corrected chi connectivity index (χ1v) is 6.83. The summed E-state index contributed by atoms with van der Waals surface area (Å²) in [6.45, 7) is 1.51. The molecule has 1 atom stereocenters. The normalized spacial score (nSPS) is 17.9. The van der Waals surface area contributed by atoms with Gasteiger partial charge in [0.1, 0.15) is 5.75 Å². The van der Waals surface area contributed by atoms with Crippen molar-refractivity contribution in [3.8, 4) is 5.75 Å². The number of β-lactam (4-membered cyclic amide) rings is 1. The van der Waals surface area contributed by atoms with E-state index in [9.17, 15) is 9.90 Å². The van der Waals surface area contributed by atoms with Crippen molar-refractivity contribution < 1.29 is 9.90 Å². The van der Waals surface area contributed by atoms with Crippen LogP contribution in [-0.4, -0.2) is 22.5 Å². The molecule has 3 rings (SSSR count). The summed E-state index contributed by atoms with van der Waals surface area (Å²) in [5.74, 6) is 0.574. The lowest BCUT2D eigenvalue weighted by Crippen LogP contribution is -2.52. The summed E-state index contributed by atoms with van der Waals surface area (Å²) in [5.41, 5.74) is 2.27. The van der Waals surface area contributed by atoms with Gasteiger partial charge in [0.05, 0.1) is 5.92 Å². The Bertz CT molecular complexity index is 592. The third kappa shape index (κ3) is 2.67. The van der Waals surface area contributed by atoms with Crippen LogP contribution in [-0.2, 0) is 17.8 Å². The van der Waals surface area contributed by atoms with Crippen molar-refractivity contribution >= 4 is 5.91 Å². The lowest BCUT2D eigenvalue weighted by molar-refractivity contribution is -0.148. The Morgan fingerprint density at radius 2 is 1.70 bits per heavy atom. The first kappa shape index (κ1) is 12.7. The highest BCUT2D eigenvalue weighted by atomic mass is 16.3. The Labute approximate surface area is 118 Å². The van der Waals surface area contributed by atoms with Gasteiger partial charge in [-0.2, -0.15) is 0 Å². The molecule has 1 aliphatic rings. The number of nitrogens with zero attached hydrogens (tertiary/aromatic N) is 1. The predicted octanol–water partition coefficient (Wildman–Crippen LogP) is 2.59. The molecule has 3 nitrogen and oxygen atoms in total. The van der Waals surface area contributed by atoms with Crippen molar-refractivity contribution in [3.05, 3.63) is 65.7 Å². The summed E-state index contributed by atoms with van der Waals surface area (Å²) in [4.78, 5) is 14.0. The molecule has 1 unspecified atom stereocenters. The molecule has 1 amide bonds. The minimum Gasteiger partial charge on any atom is -0.508 e. The Hall–Kier alpha value is -2.29. The van der Waals surface area contributed by atoms with E-state index in [1.54, 1.807) is 12.1 Å². The van der Waals surface area contributed by atoms with Gasteiger partial charge in [-0.25, -0.2) is 0 Å². The van der Waals surface area contributed by atoms with Crippen LogP contribution in [0.2, 0.25) is 0 Å². The summed E-state index contributed by atoms with van der Waals surface area (Å²) < 4.78 is 0. The maximum atomic E-state index is 12.1. The summed E-state index contributed by atoms with van der Waals surface area (Å²) in [6.07, 6.45) is 0.754. The second-order valence-electron chi connectivity index (χ2n) is 5.27. The van der Waals surface area contributed by atoms with Crippen molar-refractivity contribution in [3.63, 3.8) is 0 Å². The van der Waals surface area contributed by atoms with Crippen molar-refractivity contribution in [2.75, 3.05) is 6.54 Å². The Morgan fingerprint density at radius 3 is 2.35 bits per heavy atom. The smallest absolute Gasteiger partial charge is 0.228 e. The molecule has 1 aliphatic heterocycles. The number of carbonyl (C=O) groups is 1. The van der Waals surface area contributed by atoms with Gasteiger partial charge in [-0.3, -0.25) is 4.79 Å². The second kappa shape index (κ2) is 5.37. The number of carbonyl (C=O) groups excluding carboxylic acids is 1. The topological polar surface area (TPSA) is 40.5 Å². The Balaban J connectivity index is 1.55. The highest BCUT2D eigenvalue weighted by molar-refractivity contribution is 5.84. The van der Waals surface area contributed by atoms with Crippen LogP contribution in [0.1, 0.15) is 11.1 Å². The highest BCUT2D eigenvalue weighted by Crippen LogP contribution is 2.24. The monoisotopic (exact) mass is 267 g/mol. The van der Waals surface area contributed by atoms with Crippen LogP contribution in [0.5, 0.6) is 5.75 Å². The largest absolute Gasteiger partial charge is 0.508 e. The molecule has 1 saturated heterocycles. The van der Waals surface area contributed by atoms with Gasteiger partial charge in [0.15, 0.2) is 0 Å². The number of hydrogen-bond acceptors (Lipinski definition) is 2. The minimum atomic E-state index is 0.0863. The SMILES string of the molecule is O=C1C(Cc2ccc(O)cc2)CN1Cc1ccccc1. The molecule has 1 fully saturated rings. The standard InChI is InChI=1S/C17H17NO2/c19-16-8-6-13(7-9-16)10-15-12-18(17(15)20)11-14-4-2-1-3-5-14/h1-9,15,19H,10-12H2. The maximum Gasteiger partial charge on any atom is 0.228 e. The van der Waals surface area contributed by atoms with Gasteiger partial charge >= 0.3 is 0 Å². The molecule has 2 aromatic rings. The fourth-order valence-electron chi connectivity index (χ4n) is 2.59. The van der Waals surface area contributed by atoms with E-state index in [1.165, 1.54) is 5.56 Å². The zero-order chi connectivity index (χ0) is 13.9. The number of rotatable bonds is 4. The fraction of sp³-hybridized carbons (Fsp3) is 0.235. The van der Waals surface area contributed by atoms with Crippen molar-refractivity contribution in [1.82, 2.24) is 4.90 Å². The maximum absolute atomic E-state index is 12.1. The van der Waals surface area contributed by atoms with Crippen LogP contribution in [0.25, 0.3) is 0 Å². The quantitative estimate of drug-likeness (QED) is 0.865. The summed E-state index contributed by atoms with van der Waals surface area (Å²) >= 11 is 0. The van der Waals surface area contributed by atoms with Gasteiger partial charge in [-0.15, -0.1) is 0 Å². The number of aromatic hydroxyl groups is 1. The first-order chi connectivity index (χ1) is 9.72. The fourth-order valence-corrected chi connectivity index (χ4v) is 2.59. The Morgan fingerprint density at radius 1 is 1.00 bits per heavy atom. The Kier molecular flexibility index (Phi) is 3.42. The molecule has 102 valence electrons. The van der Waals surface area contributed by atoms with E-state index in [1.807, 2.05) is 47.4 Å². The zero-order valence-corrected chi connectivity index (χ0v) is 11.2. The van der Waals surface area contributed by atoms with Crippen LogP contribution in [0.3, 0.4) is 0 Å². The number of phenols is 1. The molecule has 1 heterocycles. The molecular weight excluding hydrogens is 250 g/mol. The van der Waals surface area contributed by atoms with Gasteiger partial charge in [0.2, 0.25) is 5.91 Å². The molecule has 0 aromatic heterocycles. The molecule has 0 bridgehead atoms. The average molecular weight is 267 g/mol. The number of benzene rings is 2. The van der Waals surface area contributed by atoms with E-state index in [-0.39, 0.29) is 17.6 Å². The van der Waals surface area contributed by atoms with E-state index in [2.05, 4.69) is 0 Å². The van der Waals surface area contributed by atoms with Crippen LogP contribution < -0.4 is 0 Å². The van der Waals surface area contributed by atoms with Crippen LogP contribution in [0.15, 0.2) is 54.6 Å². The molecular formula is C17H17NO2. The molecule has 0 radical (unpaired) electrons. The summed E-state index contributed by atoms with van der Waals surface area (Å²) in [5, 5.41) is 9.24. The zero-order valence-electron chi connectivity index (χ0n) is 11.2. The van der Waals surface area contributed by atoms with Crippen molar-refractivity contribution in [1.29, 1.82) is 0 Å². The summed E-state index contributed by atoms with van der Waals surface area (Å²) in [7, 11) is 0. The van der Waals surface area contributed by atoms with Gasteiger partial charge in [0.25, 0.3) is 0 Å². The van der Waals surface area contributed by atoms with Crippen LogP contribution in [0, 0.1) is 5.92 Å². The van der Waals surface area contributed by atoms with Crippen molar-refractivity contribution in [2.45, 2.75) is 13.0 Å². The molecule has 0 saturated carbocycles. The first-order valence-electron chi connectivity index (χ1n) is 6.83. The van der Waals surface area contributed by atoms with E-state index >= 15 is 0 Å². The van der Waals surface area contributed by atoms with Crippen LogP contribution in [0.4, 0.5) is 0 Å². The van der Waals surface area contributed by atoms with E-state index < -0.39 is 0 Å². The highest BCUT2D eigenvalue weighted by Gasteiger charge is 2.36. The summed E-state index contributed by atoms with van der Waals surface area (Å²) in [6, 6.07) is 17.1. The van der Waals surface area contributed by atoms with E-state index in [0.717, 1.165) is 18.5 Å². The number of hydrogen-bond donors (Lipinski definition) is 1. The lowest BCUT2D eigenvalue weighted by atomic mass is 9.90. The minimum absolute atomic E-state index is 0.0863.